The number of amides is 1. The van der Waals surface area contributed by atoms with Crippen LogP contribution in [0.4, 0.5) is 0 Å². The van der Waals surface area contributed by atoms with Gasteiger partial charge in [-0.2, -0.15) is 0 Å². The van der Waals surface area contributed by atoms with Crippen molar-refractivity contribution >= 4 is 5.91 Å². The monoisotopic (exact) mass is 201 g/mol. The molecule has 0 saturated carbocycles. The fourth-order valence-electron chi connectivity index (χ4n) is 1.67. The minimum absolute atomic E-state index is 0.0374. The highest BCUT2D eigenvalue weighted by Crippen LogP contribution is 2.22. The fourth-order valence-corrected chi connectivity index (χ4v) is 1.67. The van der Waals surface area contributed by atoms with Crippen LogP contribution in [-0.4, -0.2) is 47.3 Å². The van der Waals surface area contributed by atoms with E-state index in [0.717, 1.165) is 0 Å². The minimum Gasteiger partial charge on any atom is -0.396 e. The summed E-state index contributed by atoms with van der Waals surface area (Å²) in [4.78, 5) is 13.3. The smallest absolute Gasteiger partial charge is 0.248 e. The summed E-state index contributed by atoms with van der Waals surface area (Å²) in [6.45, 7) is 6.71. The molecule has 0 aromatic rings. The number of carbonyl (C=O) groups is 1. The molecule has 1 heterocycles. The highest BCUT2D eigenvalue weighted by atomic mass is 16.5. The standard InChI is InChI=1S/C10H19NO3/c1-8(2)11-7-10(3,4-5-12)14-6-9(11)13/h8,12H,4-7H2,1-3H3. The molecule has 14 heavy (non-hydrogen) atoms. The summed E-state index contributed by atoms with van der Waals surface area (Å²) in [5.41, 5.74) is -0.382. The van der Waals surface area contributed by atoms with Crippen LogP contribution in [0, 0.1) is 0 Å². The largest absolute Gasteiger partial charge is 0.396 e. The van der Waals surface area contributed by atoms with E-state index in [9.17, 15) is 4.79 Å². The van der Waals surface area contributed by atoms with Crippen molar-refractivity contribution in [2.45, 2.75) is 38.8 Å². The van der Waals surface area contributed by atoms with Crippen LogP contribution < -0.4 is 0 Å². The van der Waals surface area contributed by atoms with Crippen LogP contribution in [0.2, 0.25) is 0 Å². The Morgan fingerprint density at radius 2 is 2.29 bits per heavy atom. The van der Waals surface area contributed by atoms with Gasteiger partial charge in [0, 0.05) is 25.6 Å². The number of aliphatic hydroxyl groups is 1. The third-order valence-corrected chi connectivity index (χ3v) is 2.63. The molecular weight excluding hydrogens is 182 g/mol. The molecule has 1 aliphatic heterocycles. The summed E-state index contributed by atoms with van der Waals surface area (Å²) >= 11 is 0. The molecule has 0 aromatic carbocycles. The number of ether oxygens (including phenoxy) is 1. The fraction of sp³-hybridized carbons (Fsp3) is 0.900. The highest BCUT2D eigenvalue weighted by Gasteiger charge is 2.36. The third kappa shape index (κ3) is 2.45. The Hall–Kier alpha value is -0.610. The van der Waals surface area contributed by atoms with Crippen molar-refractivity contribution in [1.29, 1.82) is 0 Å². The van der Waals surface area contributed by atoms with Gasteiger partial charge in [-0.25, -0.2) is 0 Å². The molecule has 1 amide bonds. The number of rotatable bonds is 3. The molecule has 4 heteroatoms. The van der Waals surface area contributed by atoms with Crippen molar-refractivity contribution < 1.29 is 14.6 Å². The molecule has 1 atom stereocenters. The molecule has 1 rings (SSSR count). The first-order valence-corrected chi connectivity index (χ1v) is 5.03. The lowest BCUT2D eigenvalue weighted by molar-refractivity contribution is -0.166. The second-order valence-electron chi connectivity index (χ2n) is 4.33. The van der Waals surface area contributed by atoms with E-state index in [4.69, 9.17) is 9.84 Å². The van der Waals surface area contributed by atoms with Gasteiger partial charge in [-0.05, 0) is 20.8 Å². The Balaban J connectivity index is 2.65. The summed E-state index contributed by atoms with van der Waals surface area (Å²) in [7, 11) is 0. The van der Waals surface area contributed by atoms with E-state index >= 15 is 0 Å². The molecule has 0 aliphatic carbocycles. The molecule has 0 radical (unpaired) electrons. The molecule has 0 aromatic heterocycles. The number of morpholine rings is 1. The Morgan fingerprint density at radius 3 is 2.79 bits per heavy atom. The van der Waals surface area contributed by atoms with Crippen molar-refractivity contribution in [2.75, 3.05) is 19.8 Å². The van der Waals surface area contributed by atoms with E-state index in [-0.39, 0.29) is 30.8 Å². The van der Waals surface area contributed by atoms with Crippen LogP contribution in [0.5, 0.6) is 0 Å². The molecular formula is C10H19NO3. The van der Waals surface area contributed by atoms with Crippen molar-refractivity contribution in [3.8, 4) is 0 Å². The van der Waals surface area contributed by atoms with Crippen molar-refractivity contribution in [1.82, 2.24) is 4.90 Å². The second-order valence-corrected chi connectivity index (χ2v) is 4.33. The molecule has 1 fully saturated rings. The van der Waals surface area contributed by atoms with Gasteiger partial charge in [0.2, 0.25) is 5.91 Å². The van der Waals surface area contributed by atoms with Gasteiger partial charge in [0.15, 0.2) is 0 Å². The first kappa shape index (κ1) is 11.5. The molecule has 1 aliphatic rings. The Bertz CT molecular complexity index is 217. The average molecular weight is 201 g/mol. The SMILES string of the molecule is CC(C)N1CC(C)(CCO)OCC1=O. The summed E-state index contributed by atoms with van der Waals surface area (Å²) < 4.78 is 5.45. The topological polar surface area (TPSA) is 49.8 Å². The highest BCUT2D eigenvalue weighted by molar-refractivity contribution is 5.78. The third-order valence-electron chi connectivity index (χ3n) is 2.63. The van der Waals surface area contributed by atoms with Gasteiger partial charge in [0.1, 0.15) is 6.61 Å². The van der Waals surface area contributed by atoms with Gasteiger partial charge in [0.05, 0.1) is 5.60 Å². The lowest BCUT2D eigenvalue weighted by Crippen LogP contribution is -2.55. The van der Waals surface area contributed by atoms with Gasteiger partial charge >= 0.3 is 0 Å². The first-order chi connectivity index (χ1) is 6.48. The average Bonchev–Trinajstić information content (AvgIpc) is 2.10. The quantitative estimate of drug-likeness (QED) is 0.719. The van der Waals surface area contributed by atoms with Gasteiger partial charge in [-0.1, -0.05) is 0 Å². The van der Waals surface area contributed by atoms with E-state index in [1.165, 1.54) is 0 Å². The molecule has 0 bridgehead atoms. The summed E-state index contributed by atoms with van der Waals surface area (Å²) in [6.07, 6.45) is 0.573. The summed E-state index contributed by atoms with van der Waals surface area (Å²) in [5, 5.41) is 8.89. The molecule has 4 nitrogen and oxygen atoms in total. The molecule has 82 valence electrons. The lowest BCUT2D eigenvalue weighted by atomic mass is 9.99. The maximum atomic E-state index is 11.5. The van der Waals surface area contributed by atoms with E-state index in [0.29, 0.717) is 13.0 Å². The predicted molar refractivity (Wildman–Crippen MR) is 52.9 cm³/mol. The van der Waals surface area contributed by atoms with Gasteiger partial charge in [0.25, 0.3) is 0 Å². The van der Waals surface area contributed by atoms with E-state index in [1.54, 1.807) is 4.90 Å². The molecule has 1 saturated heterocycles. The minimum atomic E-state index is -0.382. The van der Waals surface area contributed by atoms with E-state index < -0.39 is 0 Å². The van der Waals surface area contributed by atoms with Crippen LogP contribution >= 0.6 is 0 Å². The summed E-state index contributed by atoms with van der Waals surface area (Å²) in [5.74, 6) is 0.0374. The Kier molecular flexibility index (Phi) is 3.50. The van der Waals surface area contributed by atoms with Crippen LogP contribution in [0.25, 0.3) is 0 Å². The summed E-state index contributed by atoms with van der Waals surface area (Å²) in [6, 6.07) is 0.199. The maximum Gasteiger partial charge on any atom is 0.248 e. The molecule has 1 N–H and O–H groups in total. The first-order valence-electron chi connectivity index (χ1n) is 5.03. The maximum absolute atomic E-state index is 11.5. The zero-order valence-corrected chi connectivity index (χ0v) is 9.12. The van der Waals surface area contributed by atoms with Crippen LogP contribution in [0.1, 0.15) is 27.2 Å². The van der Waals surface area contributed by atoms with Crippen molar-refractivity contribution in [3.63, 3.8) is 0 Å². The van der Waals surface area contributed by atoms with Gasteiger partial charge < -0.3 is 14.7 Å². The number of hydrogen-bond acceptors (Lipinski definition) is 3. The van der Waals surface area contributed by atoms with E-state index in [2.05, 4.69) is 0 Å². The normalized spacial score (nSPS) is 28.6. The van der Waals surface area contributed by atoms with Gasteiger partial charge in [-0.15, -0.1) is 0 Å². The van der Waals surface area contributed by atoms with Crippen LogP contribution in [0.3, 0.4) is 0 Å². The van der Waals surface area contributed by atoms with Crippen molar-refractivity contribution in [2.24, 2.45) is 0 Å². The molecule has 1 unspecified atom stereocenters. The van der Waals surface area contributed by atoms with Crippen molar-refractivity contribution in [3.05, 3.63) is 0 Å². The number of nitrogens with zero attached hydrogens (tertiary/aromatic N) is 1. The molecule has 0 spiro atoms. The van der Waals surface area contributed by atoms with Crippen LogP contribution in [0.15, 0.2) is 0 Å². The second kappa shape index (κ2) is 4.28. The van der Waals surface area contributed by atoms with E-state index in [1.807, 2.05) is 20.8 Å². The lowest BCUT2D eigenvalue weighted by Gasteiger charge is -2.41. The van der Waals surface area contributed by atoms with Crippen LogP contribution in [-0.2, 0) is 9.53 Å². The zero-order valence-electron chi connectivity index (χ0n) is 9.12. The number of carbonyl (C=O) groups excluding carboxylic acids is 1. The number of hydrogen-bond donors (Lipinski definition) is 1. The number of aliphatic hydroxyl groups excluding tert-OH is 1. The van der Waals surface area contributed by atoms with Gasteiger partial charge in [-0.3, -0.25) is 4.79 Å². The Labute approximate surface area is 84.8 Å². The predicted octanol–water partition coefficient (Wildman–Crippen LogP) is 0.395. The zero-order chi connectivity index (χ0) is 10.8. The Morgan fingerprint density at radius 1 is 1.64 bits per heavy atom.